The molecule has 226 valence electrons. The van der Waals surface area contributed by atoms with E-state index in [0.29, 0.717) is 75.4 Å². The molecule has 2 amide bonds. The zero-order chi connectivity index (χ0) is 29.9. The van der Waals surface area contributed by atoms with Crippen molar-refractivity contribution in [1.82, 2.24) is 29.7 Å². The fourth-order valence-electron chi connectivity index (χ4n) is 5.18. The van der Waals surface area contributed by atoms with E-state index < -0.39 is 6.09 Å². The number of aromatic nitrogens is 4. The van der Waals surface area contributed by atoms with Crippen molar-refractivity contribution in [2.24, 2.45) is 0 Å². The number of nitrogen functional groups attached to an aromatic ring is 1. The lowest BCUT2D eigenvalue weighted by Crippen LogP contribution is -2.47. The quantitative estimate of drug-likeness (QED) is 0.311. The van der Waals surface area contributed by atoms with Crippen LogP contribution in [0.25, 0.3) is 11.3 Å². The number of nitrogens with one attached hydrogen (secondary N) is 1. The molecule has 2 saturated heterocycles. The molecule has 3 aliphatic heterocycles. The van der Waals surface area contributed by atoms with Crippen LogP contribution in [-0.2, 0) is 15.3 Å². The van der Waals surface area contributed by atoms with E-state index in [-0.39, 0.29) is 11.9 Å². The number of hydrogen-bond acceptors (Lipinski definition) is 13. The van der Waals surface area contributed by atoms with Crippen LogP contribution in [0.1, 0.15) is 21.5 Å². The highest BCUT2D eigenvalue weighted by molar-refractivity contribution is 7.96. The number of rotatable bonds is 6. The Morgan fingerprint density at radius 3 is 2.51 bits per heavy atom. The molecule has 2 aromatic heterocycles. The van der Waals surface area contributed by atoms with Gasteiger partial charge in [-0.1, -0.05) is 6.07 Å². The molecular weight excluding hydrogens is 572 g/mol. The van der Waals surface area contributed by atoms with Crippen molar-refractivity contribution in [1.29, 1.82) is 0 Å². The molecule has 14 nitrogen and oxygen atoms in total. The smallest absolute Gasteiger partial charge is 0.378 e. The van der Waals surface area contributed by atoms with E-state index in [1.54, 1.807) is 24.5 Å². The highest BCUT2D eigenvalue weighted by Crippen LogP contribution is 2.38. The number of morpholine rings is 1. The number of amides is 2. The van der Waals surface area contributed by atoms with Gasteiger partial charge in [0.2, 0.25) is 11.9 Å². The van der Waals surface area contributed by atoms with Gasteiger partial charge in [-0.2, -0.15) is 4.98 Å². The molecule has 0 spiro atoms. The minimum absolute atomic E-state index is 0.0503. The monoisotopic (exact) mass is 606 g/mol. The molecule has 3 N–H and O–H groups in total. The van der Waals surface area contributed by atoms with Crippen molar-refractivity contribution in [2.75, 3.05) is 86.3 Å². The fraction of sp³-hybridized carbons (Fsp3) is 0.429. The van der Waals surface area contributed by atoms with Crippen molar-refractivity contribution in [2.45, 2.75) is 13.3 Å². The third-order valence-electron chi connectivity index (χ3n) is 7.73. The highest BCUT2D eigenvalue weighted by atomic mass is 32.2. The summed E-state index contributed by atoms with van der Waals surface area (Å²) in [6, 6.07) is 5.32. The second-order valence-corrected chi connectivity index (χ2v) is 11.4. The maximum atomic E-state index is 13.1. The number of nitrogens with two attached hydrogens (primary N) is 1. The number of fused-ring (bicyclic) bond motifs is 1. The summed E-state index contributed by atoms with van der Waals surface area (Å²) in [7, 11) is 2.05. The van der Waals surface area contributed by atoms with Gasteiger partial charge in [0, 0.05) is 80.6 Å². The van der Waals surface area contributed by atoms with Gasteiger partial charge in [-0.25, -0.2) is 19.7 Å². The topological polar surface area (TPSA) is 155 Å². The van der Waals surface area contributed by atoms with Crippen LogP contribution in [0.3, 0.4) is 0 Å². The predicted molar refractivity (Wildman–Crippen MR) is 164 cm³/mol. The van der Waals surface area contributed by atoms with Gasteiger partial charge in [0.25, 0.3) is 5.91 Å². The summed E-state index contributed by atoms with van der Waals surface area (Å²) in [6.07, 6.45) is 3.30. The summed E-state index contributed by atoms with van der Waals surface area (Å²) < 4.78 is 12.9. The van der Waals surface area contributed by atoms with Gasteiger partial charge in [0.05, 0.1) is 18.9 Å². The lowest BCUT2D eigenvalue weighted by Gasteiger charge is -2.32. The Balaban J connectivity index is 1.16. The third-order valence-corrected chi connectivity index (χ3v) is 8.49. The minimum atomic E-state index is -0.652. The lowest BCUT2D eigenvalue weighted by molar-refractivity contribution is 0.0664. The number of nitrogens with zero attached hydrogens (tertiary/aromatic N) is 8. The first-order valence-electron chi connectivity index (χ1n) is 14.2. The predicted octanol–water partition coefficient (Wildman–Crippen LogP) is 2.22. The number of likely N-dealkylation sites (N-methyl/N-ethyl adjacent to an activating group) is 1. The summed E-state index contributed by atoms with van der Waals surface area (Å²) in [4.78, 5) is 50.1. The molecule has 3 aromatic rings. The number of ether oxygens (including phenoxy) is 1. The first-order valence-corrected chi connectivity index (χ1v) is 14.9. The number of hydrogen-bond donors (Lipinski definition) is 2. The van der Waals surface area contributed by atoms with Gasteiger partial charge in [-0.05, 0) is 38.1 Å². The molecule has 0 atom stereocenters. The highest BCUT2D eigenvalue weighted by Gasteiger charge is 2.30. The number of anilines is 4. The third kappa shape index (κ3) is 6.43. The zero-order valence-corrected chi connectivity index (χ0v) is 25.0. The molecule has 2 fully saturated rings. The van der Waals surface area contributed by atoms with Crippen LogP contribution in [0, 0.1) is 6.92 Å². The number of piperazine rings is 1. The number of carbonyl (C=O) groups is 2. The second kappa shape index (κ2) is 12.6. The van der Waals surface area contributed by atoms with Crippen molar-refractivity contribution >= 4 is 47.6 Å². The Bertz CT molecular complexity index is 1490. The summed E-state index contributed by atoms with van der Waals surface area (Å²) >= 11 is 0.912. The molecule has 0 saturated carbocycles. The molecule has 6 rings (SSSR count). The summed E-state index contributed by atoms with van der Waals surface area (Å²) in [5, 5.41) is 2.80. The van der Waals surface area contributed by atoms with Gasteiger partial charge >= 0.3 is 6.09 Å². The van der Waals surface area contributed by atoms with Crippen molar-refractivity contribution in [3.05, 3.63) is 47.3 Å². The van der Waals surface area contributed by atoms with E-state index in [2.05, 4.69) is 25.1 Å². The molecular formula is C28H34N10O4S. The number of benzene rings is 1. The van der Waals surface area contributed by atoms with Crippen LogP contribution in [0.15, 0.2) is 30.6 Å². The fourth-order valence-corrected chi connectivity index (χ4v) is 5.77. The molecule has 5 heterocycles. The average Bonchev–Trinajstić information content (AvgIpc) is 3.44. The van der Waals surface area contributed by atoms with E-state index >= 15 is 0 Å². The van der Waals surface area contributed by atoms with Crippen LogP contribution in [0.5, 0.6) is 0 Å². The van der Waals surface area contributed by atoms with E-state index in [1.807, 2.05) is 29.2 Å². The van der Waals surface area contributed by atoms with Gasteiger partial charge in [-0.15, -0.1) is 0 Å². The molecule has 0 bridgehead atoms. The maximum absolute atomic E-state index is 13.1. The van der Waals surface area contributed by atoms with E-state index in [9.17, 15) is 9.59 Å². The lowest BCUT2D eigenvalue weighted by atomic mass is 10.1. The molecule has 0 aliphatic carbocycles. The maximum Gasteiger partial charge on any atom is 0.425 e. The largest absolute Gasteiger partial charge is 0.425 e. The van der Waals surface area contributed by atoms with Gasteiger partial charge in [-0.3, -0.25) is 14.4 Å². The van der Waals surface area contributed by atoms with Crippen LogP contribution >= 0.6 is 12.2 Å². The average molecular weight is 607 g/mol. The second-order valence-electron chi connectivity index (χ2n) is 10.7. The Morgan fingerprint density at radius 2 is 1.77 bits per heavy atom. The minimum Gasteiger partial charge on any atom is -0.378 e. The van der Waals surface area contributed by atoms with E-state index in [4.69, 9.17) is 24.6 Å². The van der Waals surface area contributed by atoms with Crippen LogP contribution in [-0.4, -0.2) is 108 Å². The van der Waals surface area contributed by atoms with Crippen LogP contribution in [0.4, 0.5) is 28.2 Å². The van der Waals surface area contributed by atoms with Crippen molar-refractivity contribution < 1.29 is 18.5 Å². The van der Waals surface area contributed by atoms with E-state index in [1.165, 1.54) is 0 Å². The van der Waals surface area contributed by atoms with Crippen molar-refractivity contribution in [3.63, 3.8) is 0 Å². The first kappa shape index (κ1) is 28.9. The number of carbonyl (C=O) groups excluding carboxylic acids is 2. The zero-order valence-electron chi connectivity index (χ0n) is 24.2. The molecule has 15 heteroatoms. The Morgan fingerprint density at radius 1 is 1.02 bits per heavy atom. The van der Waals surface area contributed by atoms with Gasteiger partial charge in [0.1, 0.15) is 0 Å². The normalized spacial score (nSPS) is 17.1. The molecule has 43 heavy (non-hydrogen) atoms. The summed E-state index contributed by atoms with van der Waals surface area (Å²) in [6.45, 7) is 7.95. The molecule has 1 aromatic carbocycles. The van der Waals surface area contributed by atoms with Gasteiger partial charge < -0.3 is 29.4 Å². The van der Waals surface area contributed by atoms with Gasteiger partial charge in [0.15, 0.2) is 18.0 Å². The Hall–Kier alpha value is -4.21. The Kier molecular flexibility index (Phi) is 8.44. The summed E-state index contributed by atoms with van der Waals surface area (Å²) in [5.74, 6) is 1.36. The van der Waals surface area contributed by atoms with Crippen molar-refractivity contribution in [3.8, 4) is 11.3 Å². The first-order chi connectivity index (χ1) is 20.9. The standard InChI is InChI=1S/C28H34N10O4S/c1-18-3-4-19(25(39)36-9-7-35(2)8-10-36)15-22(18)32-28(40)42-43-38-6-5-21-23(20-16-30-26(29)31-17-20)33-27(34-24(21)38)37-11-13-41-14-12-37/h3-4,15-17H,5-14H2,1-2H3,(H,32,40)(H2,29,30,31). The van der Waals surface area contributed by atoms with Crippen LogP contribution < -0.4 is 20.3 Å². The van der Waals surface area contributed by atoms with E-state index in [0.717, 1.165) is 47.7 Å². The number of aryl methyl sites for hydroxylation is 1. The molecule has 3 aliphatic rings. The molecule has 0 radical (unpaired) electrons. The Labute approximate surface area is 253 Å². The summed E-state index contributed by atoms with van der Waals surface area (Å²) in [5.41, 5.74) is 9.95. The van der Waals surface area contributed by atoms with Crippen LogP contribution in [0.2, 0.25) is 0 Å². The molecule has 0 unspecified atom stereocenters. The SMILES string of the molecule is Cc1ccc(C(=O)N2CCN(C)CC2)cc1NC(=O)OSN1CCc2c(-c3cnc(N)nc3)nc(N3CCOCC3)nc21.